The van der Waals surface area contributed by atoms with Gasteiger partial charge in [0.15, 0.2) is 0 Å². The summed E-state index contributed by atoms with van der Waals surface area (Å²) in [5.41, 5.74) is 2.94. The molecule has 1 unspecified atom stereocenters. The first-order valence-electron chi connectivity index (χ1n) is 9.23. The Morgan fingerprint density at radius 3 is 2.39 bits per heavy atom. The fourth-order valence-corrected chi connectivity index (χ4v) is 3.65. The van der Waals surface area contributed by atoms with E-state index < -0.39 is 0 Å². The van der Waals surface area contributed by atoms with Crippen LogP contribution in [0.5, 0.6) is 11.5 Å². The molecule has 1 atom stereocenters. The van der Waals surface area contributed by atoms with Crippen LogP contribution in [-0.4, -0.2) is 50.8 Å². The maximum Gasteiger partial charge on any atom is 0.322 e. The molecule has 28 heavy (non-hydrogen) atoms. The smallest absolute Gasteiger partial charge is 0.322 e. The van der Waals surface area contributed by atoms with E-state index in [1.54, 1.807) is 19.2 Å². The summed E-state index contributed by atoms with van der Waals surface area (Å²) in [5, 5.41) is 3.32. The van der Waals surface area contributed by atoms with Crippen LogP contribution >= 0.6 is 11.6 Å². The highest BCUT2D eigenvalue weighted by molar-refractivity contribution is 6.32. The summed E-state index contributed by atoms with van der Waals surface area (Å²) in [4.78, 5) is 16.9. The Labute approximate surface area is 171 Å². The zero-order valence-electron chi connectivity index (χ0n) is 16.7. The molecule has 0 aliphatic carbocycles. The lowest BCUT2D eigenvalue weighted by atomic mass is 10.1. The lowest BCUT2D eigenvalue weighted by molar-refractivity contribution is 0.200. The summed E-state index contributed by atoms with van der Waals surface area (Å²) < 4.78 is 10.6. The van der Waals surface area contributed by atoms with E-state index in [0.717, 1.165) is 6.54 Å². The highest BCUT2D eigenvalue weighted by Gasteiger charge is 2.27. The van der Waals surface area contributed by atoms with Crippen molar-refractivity contribution in [1.82, 2.24) is 4.90 Å². The first-order valence-corrected chi connectivity index (χ1v) is 9.61. The number of rotatable bonds is 4. The number of carbonyl (C=O) groups excluding carboxylic acids is 1. The van der Waals surface area contributed by atoms with Crippen LogP contribution in [0.25, 0.3) is 0 Å². The topological polar surface area (TPSA) is 54.0 Å². The van der Waals surface area contributed by atoms with Crippen molar-refractivity contribution < 1.29 is 14.3 Å². The second kappa shape index (κ2) is 8.61. The number of hydrogen-bond acceptors (Lipinski definition) is 4. The molecule has 2 aromatic carbocycles. The molecule has 1 saturated heterocycles. The molecular weight excluding hydrogens is 378 g/mol. The molecule has 1 aliphatic heterocycles. The average molecular weight is 404 g/mol. The number of urea groups is 1. The molecule has 2 amide bonds. The molecule has 0 saturated carbocycles. The molecule has 1 heterocycles. The van der Waals surface area contributed by atoms with Crippen molar-refractivity contribution in [2.45, 2.75) is 19.9 Å². The van der Waals surface area contributed by atoms with Gasteiger partial charge in [0, 0.05) is 37.4 Å². The Morgan fingerprint density at radius 1 is 1.11 bits per heavy atom. The van der Waals surface area contributed by atoms with Crippen molar-refractivity contribution in [1.29, 1.82) is 0 Å². The van der Waals surface area contributed by atoms with E-state index in [9.17, 15) is 4.79 Å². The number of ether oxygens (including phenoxy) is 2. The van der Waals surface area contributed by atoms with E-state index in [2.05, 4.69) is 48.3 Å². The van der Waals surface area contributed by atoms with Crippen LogP contribution in [0.3, 0.4) is 0 Å². The van der Waals surface area contributed by atoms with Gasteiger partial charge < -0.3 is 24.6 Å². The molecule has 0 aromatic heterocycles. The number of nitrogens with zero attached hydrogens (tertiary/aromatic N) is 2. The van der Waals surface area contributed by atoms with Crippen molar-refractivity contribution in [3.8, 4) is 11.5 Å². The Kier molecular flexibility index (Phi) is 6.19. The Hall–Kier alpha value is -2.60. The monoisotopic (exact) mass is 403 g/mol. The molecule has 1 N–H and O–H groups in total. The van der Waals surface area contributed by atoms with Gasteiger partial charge in [0.2, 0.25) is 0 Å². The van der Waals surface area contributed by atoms with Crippen LogP contribution in [0.1, 0.15) is 12.5 Å². The Balaban J connectivity index is 1.68. The van der Waals surface area contributed by atoms with Gasteiger partial charge in [-0.15, -0.1) is 0 Å². The largest absolute Gasteiger partial charge is 0.495 e. The lowest BCUT2D eigenvalue weighted by Crippen LogP contribution is -2.54. The van der Waals surface area contributed by atoms with Crippen molar-refractivity contribution >= 4 is 29.0 Å². The second-order valence-corrected chi connectivity index (χ2v) is 7.35. The van der Waals surface area contributed by atoms with Gasteiger partial charge in [-0.05, 0) is 32.0 Å². The minimum atomic E-state index is -0.171. The van der Waals surface area contributed by atoms with Gasteiger partial charge >= 0.3 is 6.03 Å². The number of amides is 2. The van der Waals surface area contributed by atoms with Gasteiger partial charge in [0.1, 0.15) is 11.5 Å². The Morgan fingerprint density at radius 2 is 1.79 bits per heavy atom. The minimum Gasteiger partial charge on any atom is -0.495 e. The zero-order valence-corrected chi connectivity index (χ0v) is 17.4. The number of hydrogen-bond donors (Lipinski definition) is 1. The number of nitrogens with one attached hydrogen (secondary N) is 1. The van der Waals surface area contributed by atoms with Gasteiger partial charge in [-0.3, -0.25) is 0 Å². The van der Waals surface area contributed by atoms with Crippen molar-refractivity contribution in [2.24, 2.45) is 0 Å². The van der Waals surface area contributed by atoms with Crippen molar-refractivity contribution in [3.63, 3.8) is 0 Å². The normalized spacial score (nSPS) is 16.7. The number of aryl methyl sites for hydroxylation is 1. The van der Waals surface area contributed by atoms with Gasteiger partial charge in [-0.25, -0.2) is 4.79 Å². The molecule has 2 aromatic rings. The van der Waals surface area contributed by atoms with Crippen LogP contribution in [0.15, 0.2) is 36.4 Å². The summed E-state index contributed by atoms with van der Waals surface area (Å²) in [6.45, 7) is 6.25. The fraction of sp³-hybridized carbons (Fsp3) is 0.381. The fourth-order valence-electron chi connectivity index (χ4n) is 3.41. The van der Waals surface area contributed by atoms with E-state index in [-0.39, 0.29) is 12.1 Å². The van der Waals surface area contributed by atoms with Crippen LogP contribution in [0.4, 0.5) is 16.2 Å². The second-order valence-electron chi connectivity index (χ2n) is 6.94. The van der Waals surface area contributed by atoms with E-state index in [0.29, 0.717) is 35.3 Å². The molecular formula is C21H26ClN3O3. The molecule has 1 aliphatic rings. The number of benzene rings is 2. The van der Waals surface area contributed by atoms with E-state index in [1.165, 1.54) is 18.4 Å². The first-order chi connectivity index (χ1) is 13.4. The number of piperazine rings is 1. The van der Waals surface area contributed by atoms with E-state index in [4.69, 9.17) is 21.1 Å². The van der Waals surface area contributed by atoms with Crippen LogP contribution < -0.4 is 19.7 Å². The standard InChI is InChI=1S/C21H26ClN3O3/c1-14-5-7-16(8-6-14)25-10-9-24(13-15(25)2)21(26)23-18-11-17(22)19(27-3)12-20(18)28-4/h5-8,11-12,15H,9-10,13H2,1-4H3,(H,23,26). The van der Waals surface area contributed by atoms with Gasteiger partial charge in [0.05, 0.1) is 24.9 Å². The summed E-state index contributed by atoms with van der Waals surface area (Å²) in [6, 6.07) is 11.8. The third-order valence-electron chi connectivity index (χ3n) is 5.00. The third kappa shape index (κ3) is 4.28. The number of halogens is 1. The summed E-state index contributed by atoms with van der Waals surface area (Å²) in [5.74, 6) is 0.998. The average Bonchev–Trinajstić information content (AvgIpc) is 2.69. The molecule has 1 fully saturated rings. The van der Waals surface area contributed by atoms with Crippen LogP contribution in [-0.2, 0) is 0 Å². The van der Waals surface area contributed by atoms with Gasteiger partial charge in [-0.1, -0.05) is 29.3 Å². The van der Waals surface area contributed by atoms with E-state index in [1.807, 2.05) is 4.90 Å². The quantitative estimate of drug-likeness (QED) is 0.821. The Bertz CT molecular complexity index is 842. The minimum absolute atomic E-state index is 0.171. The molecule has 6 nitrogen and oxygen atoms in total. The molecule has 3 rings (SSSR count). The first kappa shape index (κ1) is 20.1. The number of methoxy groups -OCH3 is 2. The summed E-state index contributed by atoms with van der Waals surface area (Å²) in [7, 11) is 3.08. The highest BCUT2D eigenvalue weighted by Crippen LogP contribution is 2.36. The van der Waals surface area contributed by atoms with E-state index >= 15 is 0 Å². The number of carbonyl (C=O) groups is 1. The van der Waals surface area contributed by atoms with Crippen molar-refractivity contribution in [3.05, 3.63) is 47.0 Å². The molecule has 7 heteroatoms. The lowest BCUT2D eigenvalue weighted by Gasteiger charge is -2.41. The summed E-state index contributed by atoms with van der Waals surface area (Å²) in [6.07, 6.45) is 0. The maximum absolute atomic E-state index is 12.8. The molecule has 0 bridgehead atoms. The highest BCUT2D eigenvalue weighted by atomic mass is 35.5. The predicted molar refractivity (Wildman–Crippen MR) is 113 cm³/mol. The number of anilines is 2. The van der Waals surface area contributed by atoms with Crippen LogP contribution in [0, 0.1) is 6.92 Å². The van der Waals surface area contributed by atoms with Gasteiger partial charge in [-0.2, -0.15) is 0 Å². The summed E-state index contributed by atoms with van der Waals surface area (Å²) >= 11 is 6.20. The SMILES string of the molecule is COc1cc(OC)c(NC(=O)N2CCN(c3ccc(C)cc3)C(C)C2)cc1Cl. The van der Waals surface area contributed by atoms with Crippen molar-refractivity contribution in [2.75, 3.05) is 44.1 Å². The molecule has 150 valence electrons. The zero-order chi connectivity index (χ0) is 20.3. The molecule has 0 radical (unpaired) electrons. The third-order valence-corrected chi connectivity index (χ3v) is 5.29. The maximum atomic E-state index is 12.8. The molecule has 0 spiro atoms. The van der Waals surface area contributed by atoms with Gasteiger partial charge in [0.25, 0.3) is 0 Å². The predicted octanol–water partition coefficient (Wildman–Crippen LogP) is 4.41. The van der Waals surface area contributed by atoms with Crippen LogP contribution in [0.2, 0.25) is 5.02 Å².